The number of hydrogen-bond acceptors (Lipinski definition) is 6. The number of benzene rings is 4. The first-order chi connectivity index (χ1) is 18.8. The molecule has 0 aliphatic rings. The van der Waals surface area contributed by atoms with Gasteiger partial charge in [0.1, 0.15) is 0 Å². The van der Waals surface area contributed by atoms with Crippen LogP contribution < -0.4 is 10.6 Å². The first kappa shape index (κ1) is 28.1. The normalized spacial score (nSPS) is 9.85. The van der Waals surface area contributed by atoms with Crippen molar-refractivity contribution in [3.63, 3.8) is 0 Å². The molecule has 0 radical (unpaired) electrons. The summed E-state index contributed by atoms with van der Waals surface area (Å²) in [5.41, 5.74) is 2.07. The molecule has 4 aromatic carbocycles. The molecule has 0 aromatic heterocycles. The topological polar surface area (TPSA) is 135 Å². The molecule has 0 heterocycles. The minimum absolute atomic E-state index is 0.0617. The highest BCUT2D eigenvalue weighted by atomic mass is 16.6. The van der Waals surface area contributed by atoms with E-state index in [2.05, 4.69) is 10.6 Å². The monoisotopic (exact) mass is 523 g/mol. The number of ketones is 2. The smallest absolute Gasteiger partial charge is 0.269 e. The van der Waals surface area contributed by atoms with E-state index >= 15 is 0 Å². The highest BCUT2D eigenvalue weighted by Crippen LogP contribution is 2.16. The van der Waals surface area contributed by atoms with Crippen molar-refractivity contribution in [1.29, 1.82) is 0 Å². The Bertz CT molecular complexity index is 1420. The Morgan fingerprint density at radius 2 is 0.897 bits per heavy atom. The fourth-order valence-corrected chi connectivity index (χ4v) is 3.34. The predicted octanol–water partition coefficient (Wildman–Crippen LogP) is 5.70. The molecule has 4 rings (SSSR count). The molecule has 0 saturated heterocycles. The molecule has 2 amide bonds. The van der Waals surface area contributed by atoms with Crippen molar-refractivity contribution in [1.82, 2.24) is 0 Å². The molecule has 9 nitrogen and oxygen atoms in total. The van der Waals surface area contributed by atoms with Gasteiger partial charge in [-0.3, -0.25) is 29.3 Å². The molecule has 196 valence electrons. The molecular formula is C30H25N3O6. The quantitative estimate of drug-likeness (QED) is 0.125. The molecule has 0 atom stereocenters. The van der Waals surface area contributed by atoms with E-state index < -0.39 is 10.8 Å². The number of amides is 2. The van der Waals surface area contributed by atoms with Gasteiger partial charge in [0.15, 0.2) is 11.6 Å². The van der Waals surface area contributed by atoms with E-state index in [-0.39, 0.29) is 36.0 Å². The Balaban J connectivity index is 0.000000218. The first-order valence-corrected chi connectivity index (χ1v) is 11.9. The molecule has 0 spiro atoms. The standard InChI is InChI=1S/C15H12N2O4.C15H13NO2/c18-14(11-4-2-1-3-5-11)10-15(19)16-12-6-8-13(9-7-12)17(20)21;17-14(12-7-3-1-4-8-12)11-15(18)16-13-9-5-2-6-10-13/h1-9H,10H2,(H,16,19);1-10H,11H2,(H,16,18). The van der Waals surface area contributed by atoms with Crippen molar-refractivity contribution in [2.24, 2.45) is 0 Å². The summed E-state index contributed by atoms with van der Waals surface area (Å²) in [5.74, 6) is -1.22. The third-order valence-corrected chi connectivity index (χ3v) is 5.25. The second kappa shape index (κ2) is 14.3. The number of carbonyl (C=O) groups excluding carboxylic acids is 4. The highest BCUT2D eigenvalue weighted by Gasteiger charge is 2.13. The minimum Gasteiger partial charge on any atom is -0.326 e. The van der Waals surface area contributed by atoms with E-state index in [1.54, 1.807) is 66.7 Å². The van der Waals surface area contributed by atoms with E-state index in [9.17, 15) is 29.3 Å². The van der Waals surface area contributed by atoms with Gasteiger partial charge in [0, 0.05) is 34.6 Å². The lowest BCUT2D eigenvalue weighted by molar-refractivity contribution is -0.384. The second-order valence-corrected chi connectivity index (χ2v) is 8.20. The van der Waals surface area contributed by atoms with Gasteiger partial charge >= 0.3 is 0 Å². The van der Waals surface area contributed by atoms with Gasteiger partial charge in [0.2, 0.25) is 11.8 Å². The summed E-state index contributed by atoms with van der Waals surface area (Å²) in [6.07, 6.45) is -0.417. The summed E-state index contributed by atoms with van der Waals surface area (Å²) >= 11 is 0. The van der Waals surface area contributed by atoms with Crippen LogP contribution in [0.2, 0.25) is 0 Å². The summed E-state index contributed by atoms with van der Waals surface area (Å²) in [6.45, 7) is 0. The number of carbonyl (C=O) groups is 4. The van der Waals surface area contributed by atoms with Crippen molar-refractivity contribution in [3.8, 4) is 0 Å². The Morgan fingerprint density at radius 1 is 0.538 bits per heavy atom. The number of nitro groups is 1. The molecule has 9 heteroatoms. The second-order valence-electron chi connectivity index (χ2n) is 8.20. The number of para-hydroxylation sites is 1. The number of Topliss-reactive ketones (excluding diaryl/α,β-unsaturated/α-hetero) is 2. The third-order valence-electron chi connectivity index (χ3n) is 5.25. The number of nitrogens with one attached hydrogen (secondary N) is 2. The minimum atomic E-state index is -0.523. The largest absolute Gasteiger partial charge is 0.326 e. The van der Waals surface area contributed by atoms with Gasteiger partial charge in [0.05, 0.1) is 17.8 Å². The maximum absolute atomic E-state index is 11.8. The van der Waals surface area contributed by atoms with Gasteiger partial charge in [-0.2, -0.15) is 0 Å². The lowest BCUT2D eigenvalue weighted by Crippen LogP contribution is -2.16. The van der Waals surface area contributed by atoms with Gasteiger partial charge in [-0.1, -0.05) is 78.9 Å². The van der Waals surface area contributed by atoms with Crippen LogP contribution in [0.25, 0.3) is 0 Å². The van der Waals surface area contributed by atoms with Crippen molar-refractivity contribution in [2.75, 3.05) is 10.6 Å². The number of nitrogens with zero attached hydrogens (tertiary/aromatic N) is 1. The van der Waals surface area contributed by atoms with Crippen LogP contribution in [0.4, 0.5) is 17.1 Å². The Kier molecular flexibility index (Phi) is 10.3. The zero-order valence-corrected chi connectivity index (χ0v) is 20.8. The SMILES string of the molecule is O=C(CC(=O)c1ccccc1)Nc1ccc([N+](=O)[O-])cc1.O=C(CC(=O)c1ccccc1)Nc1ccccc1. The Hall–Kier alpha value is -5.44. The Morgan fingerprint density at radius 3 is 1.28 bits per heavy atom. The van der Waals surface area contributed by atoms with Crippen molar-refractivity contribution in [3.05, 3.63) is 137 Å². The van der Waals surface area contributed by atoms with Crippen LogP contribution in [0, 0.1) is 10.1 Å². The number of non-ortho nitro benzene ring substituents is 1. The maximum Gasteiger partial charge on any atom is 0.269 e. The van der Waals surface area contributed by atoms with Crippen LogP contribution in [0.5, 0.6) is 0 Å². The zero-order chi connectivity index (χ0) is 28.0. The number of hydrogen-bond donors (Lipinski definition) is 2. The van der Waals surface area contributed by atoms with Crippen molar-refractivity contribution in [2.45, 2.75) is 12.8 Å². The van der Waals surface area contributed by atoms with Gasteiger partial charge in [-0.15, -0.1) is 0 Å². The number of anilines is 2. The maximum atomic E-state index is 11.8. The molecular weight excluding hydrogens is 498 g/mol. The van der Waals surface area contributed by atoms with Crippen molar-refractivity contribution < 1.29 is 24.1 Å². The molecule has 0 aliphatic heterocycles. The molecule has 0 fully saturated rings. The average molecular weight is 524 g/mol. The third kappa shape index (κ3) is 9.51. The number of nitro benzene ring substituents is 1. The van der Waals surface area contributed by atoms with E-state index in [0.717, 1.165) is 0 Å². The van der Waals surface area contributed by atoms with E-state index in [4.69, 9.17) is 0 Å². The summed E-state index contributed by atoms with van der Waals surface area (Å²) in [7, 11) is 0. The van der Waals surface area contributed by atoms with Crippen LogP contribution in [-0.4, -0.2) is 28.3 Å². The molecule has 0 saturated carbocycles. The van der Waals surface area contributed by atoms with Crippen molar-refractivity contribution >= 4 is 40.4 Å². The van der Waals surface area contributed by atoms with Gasteiger partial charge in [0.25, 0.3) is 5.69 Å². The van der Waals surface area contributed by atoms with Crippen LogP contribution in [0.15, 0.2) is 115 Å². The van der Waals surface area contributed by atoms with Gasteiger partial charge in [-0.25, -0.2) is 0 Å². The molecule has 0 aliphatic carbocycles. The van der Waals surface area contributed by atoms with Gasteiger partial charge < -0.3 is 10.6 Å². The van der Waals surface area contributed by atoms with Crippen LogP contribution in [0.1, 0.15) is 33.6 Å². The average Bonchev–Trinajstić information content (AvgIpc) is 2.95. The molecule has 2 N–H and O–H groups in total. The van der Waals surface area contributed by atoms with Crippen LogP contribution in [0.3, 0.4) is 0 Å². The molecule has 0 bridgehead atoms. The van der Waals surface area contributed by atoms with Crippen LogP contribution in [-0.2, 0) is 9.59 Å². The lowest BCUT2D eigenvalue weighted by Gasteiger charge is -2.04. The fraction of sp³-hybridized carbons (Fsp3) is 0.0667. The Labute approximate surface area is 224 Å². The van der Waals surface area contributed by atoms with E-state index in [1.807, 2.05) is 24.3 Å². The summed E-state index contributed by atoms with van der Waals surface area (Å²) in [5, 5.41) is 15.7. The molecule has 0 unspecified atom stereocenters. The highest BCUT2D eigenvalue weighted by molar-refractivity contribution is 6.11. The predicted molar refractivity (Wildman–Crippen MR) is 148 cm³/mol. The first-order valence-electron chi connectivity index (χ1n) is 11.9. The summed E-state index contributed by atoms with van der Waals surface area (Å²) in [6, 6.07) is 31.8. The zero-order valence-electron chi connectivity index (χ0n) is 20.8. The lowest BCUT2D eigenvalue weighted by atomic mass is 10.1. The van der Waals surface area contributed by atoms with E-state index in [1.165, 1.54) is 24.3 Å². The van der Waals surface area contributed by atoms with Gasteiger partial charge in [-0.05, 0) is 24.3 Å². The van der Waals surface area contributed by atoms with E-state index in [0.29, 0.717) is 22.5 Å². The van der Waals surface area contributed by atoms with Crippen LogP contribution >= 0.6 is 0 Å². The molecule has 4 aromatic rings. The fourth-order valence-electron chi connectivity index (χ4n) is 3.34. The molecule has 39 heavy (non-hydrogen) atoms. The number of rotatable bonds is 9. The summed E-state index contributed by atoms with van der Waals surface area (Å²) < 4.78 is 0. The summed E-state index contributed by atoms with van der Waals surface area (Å²) in [4.78, 5) is 57.0.